The molecular formula is C17H26O4. The van der Waals surface area contributed by atoms with Gasteiger partial charge in [-0.25, -0.2) is 4.79 Å². The van der Waals surface area contributed by atoms with Crippen molar-refractivity contribution in [2.24, 2.45) is 5.92 Å². The van der Waals surface area contributed by atoms with Crippen LogP contribution in [0.2, 0.25) is 0 Å². The largest absolute Gasteiger partial charge is 0.496 e. The normalized spacial score (nSPS) is 12.1. The molecule has 1 unspecified atom stereocenters. The lowest BCUT2D eigenvalue weighted by molar-refractivity contribution is 0.0692. The summed E-state index contributed by atoms with van der Waals surface area (Å²) in [5, 5.41) is 9.04. The average molecular weight is 294 g/mol. The molecule has 0 spiro atoms. The van der Waals surface area contributed by atoms with Crippen molar-refractivity contribution < 1.29 is 19.4 Å². The van der Waals surface area contributed by atoms with Crippen LogP contribution in [0.15, 0.2) is 18.2 Å². The van der Waals surface area contributed by atoms with Gasteiger partial charge < -0.3 is 14.6 Å². The van der Waals surface area contributed by atoms with Crippen LogP contribution < -0.4 is 4.74 Å². The second-order valence-electron chi connectivity index (χ2n) is 5.27. The average Bonchev–Trinajstić information content (AvgIpc) is 2.50. The van der Waals surface area contributed by atoms with Crippen LogP contribution in [0, 0.1) is 5.92 Å². The molecule has 1 aromatic carbocycles. The number of rotatable bonds is 10. The number of aromatic carboxylic acids is 1. The lowest BCUT2D eigenvalue weighted by Crippen LogP contribution is -2.09. The first-order valence-corrected chi connectivity index (χ1v) is 7.60. The van der Waals surface area contributed by atoms with E-state index in [0.29, 0.717) is 18.3 Å². The van der Waals surface area contributed by atoms with Crippen LogP contribution in [0.5, 0.6) is 5.75 Å². The van der Waals surface area contributed by atoms with Crippen molar-refractivity contribution in [3.05, 3.63) is 29.3 Å². The molecule has 21 heavy (non-hydrogen) atoms. The summed E-state index contributed by atoms with van der Waals surface area (Å²) in [7, 11) is 1.48. The molecule has 0 aromatic heterocycles. The Balaban J connectivity index is 2.53. The van der Waals surface area contributed by atoms with E-state index in [1.54, 1.807) is 18.2 Å². The molecule has 0 aliphatic heterocycles. The standard InChI is InChI=1S/C17H26O4/c1-4-6-7-13(5-2)11-21-12-14-8-9-15(17(18)19)16(10-14)20-3/h8-10,13H,4-7,11-12H2,1-3H3,(H,18,19). The molecule has 1 rings (SSSR count). The summed E-state index contributed by atoms with van der Waals surface area (Å²) >= 11 is 0. The summed E-state index contributed by atoms with van der Waals surface area (Å²) < 4.78 is 10.9. The molecule has 0 aliphatic carbocycles. The number of carboxylic acids is 1. The van der Waals surface area contributed by atoms with Crippen LogP contribution in [-0.2, 0) is 11.3 Å². The van der Waals surface area contributed by atoms with Gasteiger partial charge in [0.15, 0.2) is 0 Å². The number of unbranched alkanes of at least 4 members (excludes halogenated alkanes) is 1. The van der Waals surface area contributed by atoms with Crippen molar-refractivity contribution in [2.45, 2.75) is 46.1 Å². The molecular weight excluding hydrogens is 268 g/mol. The molecule has 0 heterocycles. The van der Waals surface area contributed by atoms with Crippen molar-refractivity contribution in [1.29, 1.82) is 0 Å². The number of hydrogen-bond acceptors (Lipinski definition) is 3. The minimum absolute atomic E-state index is 0.177. The van der Waals surface area contributed by atoms with Crippen LogP contribution in [0.4, 0.5) is 0 Å². The Morgan fingerprint density at radius 2 is 2.10 bits per heavy atom. The molecule has 1 aromatic rings. The van der Waals surface area contributed by atoms with Gasteiger partial charge in [0, 0.05) is 6.61 Å². The van der Waals surface area contributed by atoms with Gasteiger partial charge in [-0.05, 0) is 30.0 Å². The highest BCUT2D eigenvalue weighted by molar-refractivity contribution is 5.90. The SMILES string of the molecule is CCCCC(CC)COCc1ccc(C(=O)O)c(OC)c1. The minimum Gasteiger partial charge on any atom is -0.496 e. The molecule has 1 atom stereocenters. The van der Waals surface area contributed by atoms with Crippen molar-refractivity contribution in [3.63, 3.8) is 0 Å². The molecule has 0 bridgehead atoms. The van der Waals surface area contributed by atoms with Gasteiger partial charge >= 0.3 is 5.97 Å². The highest BCUT2D eigenvalue weighted by atomic mass is 16.5. The van der Waals surface area contributed by atoms with Gasteiger partial charge in [0.2, 0.25) is 0 Å². The van der Waals surface area contributed by atoms with Gasteiger partial charge in [-0.15, -0.1) is 0 Å². The fourth-order valence-electron chi connectivity index (χ4n) is 2.24. The van der Waals surface area contributed by atoms with Crippen molar-refractivity contribution in [3.8, 4) is 5.75 Å². The van der Waals surface area contributed by atoms with Crippen LogP contribution in [-0.4, -0.2) is 24.8 Å². The maximum atomic E-state index is 11.0. The Bertz CT molecular complexity index is 442. The Kier molecular flexibility index (Phi) is 7.83. The summed E-state index contributed by atoms with van der Waals surface area (Å²) in [5.41, 5.74) is 1.11. The second kappa shape index (κ2) is 9.40. The predicted octanol–water partition coefficient (Wildman–Crippen LogP) is 4.13. The quantitative estimate of drug-likeness (QED) is 0.705. The lowest BCUT2D eigenvalue weighted by atomic mass is 10.0. The van der Waals surface area contributed by atoms with Crippen molar-refractivity contribution >= 4 is 5.97 Å². The summed E-state index contributed by atoms with van der Waals surface area (Å²) in [6.45, 7) is 5.62. The zero-order chi connectivity index (χ0) is 15.7. The van der Waals surface area contributed by atoms with Gasteiger partial charge in [0.1, 0.15) is 11.3 Å². The van der Waals surface area contributed by atoms with E-state index in [4.69, 9.17) is 14.6 Å². The summed E-state index contributed by atoms with van der Waals surface area (Å²) in [5.74, 6) is -0.00306. The molecule has 0 amide bonds. The maximum Gasteiger partial charge on any atom is 0.339 e. The van der Waals surface area contributed by atoms with E-state index < -0.39 is 5.97 Å². The van der Waals surface area contributed by atoms with Gasteiger partial charge in [-0.2, -0.15) is 0 Å². The van der Waals surface area contributed by atoms with Crippen LogP contribution >= 0.6 is 0 Å². The smallest absolute Gasteiger partial charge is 0.339 e. The topological polar surface area (TPSA) is 55.8 Å². The minimum atomic E-state index is -0.982. The molecule has 118 valence electrons. The van der Waals surface area contributed by atoms with Crippen LogP contribution in [0.25, 0.3) is 0 Å². The van der Waals surface area contributed by atoms with Gasteiger partial charge in [0.05, 0.1) is 13.7 Å². The molecule has 0 aliphatic rings. The predicted molar refractivity (Wildman–Crippen MR) is 82.9 cm³/mol. The van der Waals surface area contributed by atoms with Gasteiger partial charge in [-0.1, -0.05) is 39.2 Å². The number of methoxy groups -OCH3 is 1. The van der Waals surface area contributed by atoms with Crippen LogP contribution in [0.3, 0.4) is 0 Å². The third-order valence-electron chi connectivity index (χ3n) is 3.66. The number of hydrogen-bond donors (Lipinski definition) is 1. The van der Waals surface area contributed by atoms with E-state index in [-0.39, 0.29) is 5.56 Å². The fourth-order valence-corrected chi connectivity index (χ4v) is 2.24. The third kappa shape index (κ3) is 5.76. The van der Waals surface area contributed by atoms with E-state index >= 15 is 0 Å². The maximum absolute atomic E-state index is 11.0. The summed E-state index contributed by atoms with van der Waals surface area (Å²) in [6.07, 6.45) is 4.78. The monoisotopic (exact) mass is 294 g/mol. The number of ether oxygens (including phenoxy) is 2. The lowest BCUT2D eigenvalue weighted by Gasteiger charge is -2.15. The number of carboxylic acid groups (broad SMARTS) is 1. The zero-order valence-electron chi connectivity index (χ0n) is 13.2. The van der Waals surface area contributed by atoms with Crippen LogP contribution in [0.1, 0.15) is 55.5 Å². The highest BCUT2D eigenvalue weighted by Gasteiger charge is 2.12. The Labute approximate surface area is 127 Å². The molecule has 4 nitrogen and oxygen atoms in total. The molecule has 0 fully saturated rings. The Hall–Kier alpha value is -1.55. The first kappa shape index (κ1) is 17.5. The third-order valence-corrected chi connectivity index (χ3v) is 3.66. The van der Waals surface area contributed by atoms with E-state index in [1.807, 2.05) is 0 Å². The van der Waals surface area contributed by atoms with E-state index in [9.17, 15) is 4.79 Å². The molecule has 0 radical (unpaired) electrons. The molecule has 0 saturated carbocycles. The van der Waals surface area contributed by atoms with E-state index in [1.165, 1.54) is 26.4 Å². The molecule has 0 saturated heterocycles. The summed E-state index contributed by atoms with van der Waals surface area (Å²) in [4.78, 5) is 11.0. The molecule has 1 N–H and O–H groups in total. The highest BCUT2D eigenvalue weighted by Crippen LogP contribution is 2.21. The van der Waals surface area contributed by atoms with E-state index in [0.717, 1.165) is 18.6 Å². The second-order valence-corrected chi connectivity index (χ2v) is 5.27. The van der Waals surface area contributed by atoms with Crippen molar-refractivity contribution in [1.82, 2.24) is 0 Å². The zero-order valence-corrected chi connectivity index (χ0v) is 13.2. The first-order valence-electron chi connectivity index (χ1n) is 7.60. The Morgan fingerprint density at radius 3 is 2.67 bits per heavy atom. The van der Waals surface area contributed by atoms with Crippen molar-refractivity contribution in [2.75, 3.05) is 13.7 Å². The van der Waals surface area contributed by atoms with Gasteiger partial charge in [-0.3, -0.25) is 0 Å². The number of benzene rings is 1. The Morgan fingerprint density at radius 1 is 1.33 bits per heavy atom. The number of carbonyl (C=O) groups is 1. The summed E-state index contributed by atoms with van der Waals surface area (Å²) in [6, 6.07) is 5.07. The fraction of sp³-hybridized carbons (Fsp3) is 0.588. The first-order chi connectivity index (χ1) is 10.1. The van der Waals surface area contributed by atoms with Gasteiger partial charge in [0.25, 0.3) is 0 Å². The van der Waals surface area contributed by atoms with E-state index in [2.05, 4.69) is 13.8 Å². The molecule has 4 heteroatoms.